The van der Waals surface area contributed by atoms with Gasteiger partial charge >= 0.3 is 0 Å². The van der Waals surface area contributed by atoms with Crippen molar-refractivity contribution in [3.05, 3.63) is 44.5 Å². The highest BCUT2D eigenvalue weighted by Gasteiger charge is 2.36. The fraction of sp³-hybridized carbons (Fsp3) is 0.625. The molecule has 2 aromatic carbocycles. The summed E-state index contributed by atoms with van der Waals surface area (Å²) in [6.07, 6.45) is 7.52. The first-order valence-electron chi connectivity index (χ1n) is 15.0. The Morgan fingerprint density at radius 1 is 0.487 bits per heavy atom. The van der Waals surface area contributed by atoms with Crippen molar-refractivity contribution in [2.24, 2.45) is 0 Å². The fourth-order valence-corrected chi connectivity index (χ4v) is 6.41. The lowest BCUT2D eigenvalue weighted by atomic mass is 9.86. The standard InChI is InChI=1S/C32H44N2O5/c1-5-21-25(9-17-13-35-17)31(26(10-18-14-36-18)22(6-2)29(21)33)39-32-27(11-19-15-37-19)23(7-3)30(34)24(8-4)28(32)12-20-16-38-20/h17-20H,5-16,33-34H2,1-4H3. The molecule has 4 N–H and O–H groups in total. The van der Waals surface area contributed by atoms with Crippen LogP contribution in [0.3, 0.4) is 0 Å². The molecule has 4 atom stereocenters. The molecule has 0 radical (unpaired) electrons. The van der Waals surface area contributed by atoms with Crippen molar-refractivity contribution >= 4 is 11.4 Å². The Balaban J connectivity index is 1.59. The van der Waals surface area contributed by atoms with E-state index in [-0.39, 0.29) is 24.4 Å². The first-order valence-corrected chi connectivity index (χ1v) is 15.0. The molecule has 212 valence electrons. The predicted molar refractivity (Wildman–Crippen MR) is 153 cm³/mol. The SMILES string of the molecule is CCc1c(N)c(CC)c(CC2CO2)c(Oc2c(CC3CO3)c(CC)c(N)c(CC)c2CC2CO2)c1CC1CO1. The van der Waals surface area contributed by atoms with Crippen LogP contribution in [0.4, 0.5) is 11.4 Å². The summed E-state index contributed by atoms with van der Waals surface area (Å²) in [4.78, 5) is 0. The van der Waals surface area contributed by atoms with Gasteiger partial charge in [-0.2, -0.15) is 0 Å². The highest BCUT2D eigenvalue weighted by molar-refractivity contribution is 5.71. The van der Waals surface area contributed by atoms with Crippen LogP contribution in [0.25, 0.3) is 0 Å². The van der Waals surface area contributed by atoms with Crippen LogP contribution in [0.2, 0.25) is 0 Å². The molecular weight excluding hydrogens is 492 g/mol. The Morgan fingerprint density at radius 2 is 0.718 bits per heavy atom. The predicted octanol–water partition coefficient (Wildman–Crippen LogP) is 4.66. The van der Waals surface area contributed by atoms with Gasteiger partial charge in [-0.1, -0.05) is 27.7 Å². The van der Waals surface area contributed by atoms with Crippen LogP contribution in [0.1, 0.15) is 72.2 Å². The number of nitrogens with two attached hydrogens (primary N) is 2. The first-order chi connectivity index (χ1) is 19.0. The Morgan fingerprint density at radius 3 is 0.897 bits per heavy atom. The van der Waals surface area contributed by atoms with Gasteiger partial charge in [0.25, 0.3) is 0 Å². The highest BCUT2D eigenvalue weighted by atomic mass is 16.6. The summed E-state index contributed by atoms with van der Waals surface area (Å²) in [6.45, 7) is 11.9. The number of anilines is 2. The zero-order valence-electron chi connectivity index (χ0n) is 24.0. The largest absolute Gasteiger partial charge is 0.456 e. The smallest absolute Gasteiger partial charge is 0.134 e. The minimum Gasteiger partial charge on any atom is -0.456 e. The molecule has 0 bridgehead atoms. The van der Waals surface area contributed by atoms with E-state index in [0.29, 0.717) is 0 Å². The summed E-state index contributed by atoms with van der Waals surface area (Å²) >= 11 is 0. The maximum Gasteiger partial charge on any atom is 0.134 e. The van der Waals surface area contributed by atoms with Crippen molar-refractivity contribution in [1.82, 2.24) is 0 Å². The molecule has 4 heterocycles. The number of epoxide rings is 4. The van der Waals surface area contributed by atoms with E-state index in [9.17, 15) is 0 Å². The van der Waals surface area contributed by atoms with Gasteiger partial charge in [0.05, 0.1) is 50.8 Å². The molecule has 0 saturated carbocycles. The Labute approximate surface area is 232 Å². The normalized spacial score (nSPS) is 24.6. The summed E-state index contributed by atoms with van der Waals surface area (Å²) in [7, 11) is 0. The van der Waals surface area contributed by atoms with Crippen molar-refractivity contribution in [2.45, 2.75) is 103 Å². The number of ether oxygens (including phenoxy) is 5. The third kappa shape index (κ3) is 5.51. The lowest BCUT2D eigenvalue weighted by Crippen LogP contribution is -2.16. The van der Waals surface area contributed by atoms with Crippen molar-refractivity contribution in [1.29, 1.82) is 0 Å². The van der Waals surface area contributed by atoms with Crippen LogP contribution in [0, 0.1) is 0 Å². The molecule has 6 rings (SSSR count). The van der Waals surface area contributed by atoms with Crippen LogP contribution >= 0.6 is 0 Å². The highest BCUT2D eigenvalue weighted by Crippen LogP contribution is 2.47. The lowest BCUT2D eigenvalue weighted by Gasteiger charge is -2.28. The molecule has 4 fully saturated rings. The van der Waals surface area contributed by atoms with E-state index in [1.807, 2.05) is 0 Å². The molecule has 7 nitrogen and oxygen atoms in total. The zero-order chi connectivity index (χ0) is 27.3. The summed E-state index contributed by atoms with van der Waals surface area (Å²) in [5, 5.41) is 0. The monoisotopic (exact) mass is 536 g/mol. The summed E-state index contributed by atoms with van der Waals surface area (Å²) in [6, 6.07) is 0. The van der Waals surface area contributed by atoms with Gasteiger partial charge in [0.2, 0.25) is 0 Å². The van der Waals surface area contributed by atoms with Gasteiger partial charge in [0, 0.05) is 59.3 Å². The maximum absolute atomic E-state index is 7.36. The minimum atomic E-state index is 0.219. The molecule has 0 aromatic heterocycles. The van der Waals surface area contributed by atoms with Crippen molar-refractivity contribution in [3.8, 4) is 11.5 Å². The first kappa shape index (κ1) is 26.9. The number of nitrogen functional groups attached to an aromatic ring is 2. The number of rotatable bonds is 14. The fourth-order valence-electron chi connectivity index (χ4n) is 6.41. The summed E-state index contributed by atoms with van der Waals surface area (Å²) in [5.41, 5.74) is 25.2. The molecular formula is C32H44N2O5. The average Bonchev–Trinajstić information content (AvgIpc) is 3.75. The third-order valence-corrected chi connectivity index (χ3v) is 8.81. The number of hydrogen-bond donors (Lipinski definition) is 2. The Hall–Kier alpha value is -2.32. The van der Waals surface area contributed by atoms with Gasteiger partial charge < -0.3 is 35.2 Å². The molecule has 39 heavy (non-hydrogen) atoms. The molecule has 7 heteroatoms. The molecule has 0 amide bonds. The van der Waals surface area contributed by atoms with Gasteiger partial charge in [-0.25, -0.2) is 0 Å². The van der Waals surface area contributed by atoms with E-state index < -0.39 is 0 Å². The molecule has 2 aromatic rings. The molecule has 4 aliphatic rings. The summed E-state index contributed by atoms with van der Waals surface area (Å²) < 4.78 is 30.3. The summed E-state index contributed by atoms with van der Waals surface area (Å²) in [5.74, 6) is 1.93. The van der Waals surface area contributed by atoms with Crippen LogP contribution < -0.4 is 16.2 Å². The van der Waals surface area contributed by atoms with E-state index in [1.165, 1.54) is 44.5 Å². The molecule has 0 aliphatic carbocycles. The number of hydrogen-bond acceptors (Lipinski definition) is 7. The van der Waals surface area contributed by atoms with Gasteiger partial charge in [0.1, 0.15) is 11.5 Å². The van der Waals surface area contributed by atoms with Gasteiger partial charge in [-0.3, -0.25) is 0 Å². The molecule has 4 saturated heterocycles. The third-order valence-electron chi connectivity index (χ3n) is 8.81. The van der Waals surface area contributed by atoms with Crippen LogP contribution in [-0.2, 0) is 70.3 Å². The van der Waals surface area contributed by atoms with E-state index in [4.69, 9.17) is 35.2 Å². The van der Waals surface area contributed by atoms with Crippen molar-refractivity contribution in [2.75, 3.05) is 37.9 Å². The average molecular weight is 537 g/mol. The van der Waals surface area contributed by atoms with Gasteiger partial charge in [-0.15, -0.1) is 0 Å². The number of benzene rings is 2. The Kier molecular flexibility index (Phi) is 7.53. The topological polar surface area (TPSA) is 111 Å². The maximum atomic E-state index is 7.36. The second-order valence-corrected chi connectivity index (χ2v) is 11.5. The van der Waals surface area contributed by atoms with Crippen molar-refractivity contribution < 1.29 is 23.7 Å². The van der Waals surface area contributed by atoms with Gasteiger partial charge in [-0.05, 0) is 47.9 Å². The van der Waals surface area contributed by atoms with Crippen LogP contribution in [-0.4, -0.2) is 50.8 Å². The second kappa shape index (κ2) is 10.9. The lowest BCUT2D eigenvalue weighted by molar-refractivity contribution is 0.386. The molecule has 0 spiro atoms. The van der Waals surface area contributed by atoms with E-state index in [2.05, 4.69) is 27.7 Å². The zero-order valence-corrected chi connectivity index (χ0v) is 24.0. The van der Waals surface area contributed by atoms with E-state index in [0.717, 1.165) is 101 Å². The minimum absolute atomic E-state index is 0.219. The van der Waals surface area contributed by atoms with E-state index in [1.54, 1.807) is 0 Å². The van der Waals surface area contributed by atoms with E-state index >= 15 is 0 Å². The Bertz CT molecular complexity index is 1060. The van der Waals surface area contributed by atoms with Gasteiger partial charge in [0.15, 0.2) is 0 Å². The van der Waals surface area contributed by atoms with Crippen LogP contribution in [0.15, 0.2) is 0 Å². The molecule has 4 aliphatic heterocycles. The molecule has 4 unspecified atom stereocenters. The second-order valence-electron chi connectivity index (χ2n) is 11.5. The quantitative estimate of drug-likeness (QED) is 0.267. The van der Waals surface area contributed by atoms with Crippen LogP contribution in [0.5, 0.6) is 11.5 Å². The van der Waals surface area contributed by atoms with Crippen molar-refractivity contribution in [3.63, 3.8) is 0 Å².